The van der Waals surface area contributed by atoms with Gasteiger partial charge in [-0.05, 0) is 19.3 Å². The van der Waals surface area contributed by atoms with E-state index < -0.39 is 0 Å². The Morgan fingerprint density at radius 2 is 2.15 bits per heavy atom. The number of hydrogen-bond acceptors (Lipinski definition) is 5. The zero-order valence-corrected chi connectivity index (χ0v) is 12.7. The second kappa shape index (κ2) is 6.43. The molecule has 2 heterocycles. The molecular weight excluding hydrogens is 270 g/mol. The maximum Gasteiger partial charge on any atom is 0.225 e. The average Bonchev–Trinajstić information content (AvgIpc) is 2.95. The van der Waals surface area contributed by atoms with Crippen molar-refractivity contribution in [3.8, 4) is 0 Å². The highest BCUT2D eigenvalue weighted by molar-refractivity contribution is 8.00. The van der Waals surface area contributed by atoms with E-state index in [1.54, 1.807) is 0 Å². The highest BCUT2D eigenvalue weighted by atomic mass is 32.2. The van der Waals surface area contributed by atoms with Crippen molar-refractivity contribution in [1.29, 1.82) is 0 Å². The Bertz CT molecular complexity index is 562. The number of anilines is 1. The first-order valence-electron chi connectivity index (χ1n) is 7.48. The summed E-state index contributed by atoms with van der Waals surface area (Å²) in [5.74, 6) is 0.710. The lowest BCUT2D eigenvalue weighted by Crippen LogP contribution is -2.09. The van der Waals surface area contributed by atoms with Gasteiger partial charge in [-0.1, -0.05) is 26.2 Å². The fourth-order valence-corrected chi connectivity index (χ4v) is 3.86. The van der Waals surface area contributed by atoms with Gasteiger partial charge in [-0.2, -0.15) is 10.1 Å². The molecule has 1 aliphatic rings. The third-order valence-electron chi connectivity index (χ3n) is 3.64. The summed E-state index contributed by atoms with van der Waals surface area (Å²) in [7, 11) is 0. The number of thioether (sulfide) groups is 1. The third-order valence-corrected chi connectivity index (χ3v) is 4.98. The van der Waals surface area contributed by atoms with E-state index in [0.717, 1.165) is 29.0 Å². The second-order valence-electron chi connectivity index (χ2n) is 5.29. The normalized spacial score (nSPS) is 16.6. The standard InChI is InChI=1S/C14H21N5S/c1-2-8-15-14-17-12-11(9-16-19-12)13(18-14)20-10-6-4-3-5-7-10/h9-10H,2-8H2,1H3,(H2,15,16,17,18,19). The summed E-state index contributed by atoms with van der Waals surface area (Å²) < 4.78 is 0. The Hall–Kier alpha value is -1.30. The van der Waals surface area contributed by atoms with E-state index in [1.807, 2.05) is 18.0 Å². The van der Waals surface area contributed by atoms with E-state index in [9.17, 15) is 0 Å². The molecule has 6 heteroatoms. The Kier molecular flexibility index (Phi) is 4.40. The summed E-state index contributed by atoms with van der Waals surface area (Å²) >= 11 is 1.90. The first-order valence-corrected chi connectivity index (χ1v) is 8.36. The van der Waals surface area contributed by atoms with Crippen LogP contribution in [0.4, 0.5) is 5.95 Å². The molecule has 0 aromatic carbocycles. The van der Waals surface area contributed by atoms with Gasteiger partial charge in [0.2, 0.25) is 5.95 Å². The molecule has 2 aromatic rings. The molecular formula is C14H21N5S. The Morgan fingerprint density at radius 1 is 1.30 bits per heavy atom. The number of fused-ring (bicyclic) bond motifs is 1. The predicted octanol–water partition coefficient (Wildman–Crippen LogP) is 3.60. The molecule has 2 aromatic heterocycles. The van der Waals surface area contributed by atoms with Crippen LogP contribution in [0.3, 0.4) is 0 Å². The third kappa shape index (κ3) is 3.06. The van der Waals surface area contributed by atoms with Crippen LogP contribution in [0.5, 0.6) is 0 Å². The van der Waals surface area contributed by atoms with Crippen LogP contribution < -0.4 is 5.32 Å². The van der Waals surface area contributed by atoms with E-state index in [4.69, 9.17) is 0 Å². The Balaban J connectivity index is 1.84. The van der Waals surface area contributed by atoms with Crippen LogP contribution in [0, 0.1) is 0 Å². The van der Waals surface area contributed by atoms with Gasteiger partial charge in [-0.15, -0.1) is 11.8 Å². The molecule has 0 atom stereocenters. The quantitative estimate of drug-likeness (QED) is 0.824. The van der Waals surface area contributed by atoms with E-state index in [2.05, 4.69) is 32.4 Å². The average molecular weight is 291 g/mol. The molecule has 1 fully saturated rings. The van der Waals surface area contributed by atoms with E-state index in [-0.39, 0.29) is 0 Å². The summed E-state index contributed by atoms with van der Waals surface area (Å²) in [6, 6.07) is 0. The van der Waals surface area contributed by atoms with Crippen molar-refractivity contribution < 1.29 is 0 Å². The molecule has 0 spiro atoms. The molecule has 1 aliphatic carbocycles. The van der Waals surface area contributed by atoms with Crippen molar-refractivity contribution in [2.45, 2.75) is 55.7 Å². The number of nitrogens with one attached hydrogen (secondary N) is 2. The fourth-order valence-electron chi connectivity index (χ4n) is 2.55. The van der Waals surface area contributed by atoms with Crippen LogP contribution in [0.2, 0.25) is 0 Å². The zero-order chi connectivity index (χ0) is 13.8. The van der Waals surface area contributed by atoms with E-state index in [0.29, 0.717) is 11.2 Å². The molecule has 0 bridgehead atoms. The first kappa shape index (κ1) is 13.7. The van der Waals surface area contributed by atoms with E-state index in [1.165, 1.54) is 32.1 Å². The largest absolute Gasteiger partial charge is 0.354 e. The van der Waals surface area contributed by atoms with Crippen LogP contribution in [-0.2, 0) is 0 Å². The minimum atomic E-state index is 0.691. The van der Waals surface area contributed by atoms with Crippen LogP contribution >= 0.6 is 11.8 Å². The lowest BCUT2D eigenvalue weighted by atomic mass is 10.0. The number of nitrogens with zero attached hydrogens (tertiary/aromatic N) is 3. The molecule has 5 nitrogen and oxygen atoms in total. The van der Waals surface area contributed by atoms with Crippen molar-refractivity contribution in [2.75, 3.05) is 11.9 Å². The van der Waals surface area contributed by atoms with Gasteiger partial charge in [-0.25, -0.2) is 4.98 Å². The number of rotatable bonds is 5. The Labute approximate surface area is 123 Å². The molecule has 0 unspecified atom stereocenters. The van der Waals surface area contributed by atoms with Crippen molar-refractivity contribution in [3.05, 3.63) is 6.20 Å². The van der Waals surface area contributed by atoms with Gasteiger partial charge in [0.25, 0.3) is 0 Å². The van der Waals surface area contributed by atoms with Gasteiger partial charge < -0.3 is 5.32 Å². The summed E-state index contributed by atoms with van der Waals surface area (Å²) in [6.07, 6.45) is 9.57. The lowest BCUT2D eigenvalue weighted by molar-refractivity contribution is 0.516. The monoisotopic (exact) mass is 291 g/mol. The van der Waals surface area contributed by atoms with Crippen molar-refractivity contribution in [3.63, 3.8) is 0 Å². The van der Waals surface area contributed by atoms with Crippen molar-refractivity contribution in [1.82, 2.24) is 20.2 Å². The minimum absolute atomic E-state index is 0.691. The fraction of sp³-hybridized carbons (Fsp3) is 0.643. The molecule has 20 heavy (non-hydrogen) atoms. The van der Waals surface area contributed by atoms with Gasteiger partial charge in [0.05, 0.1) is 11.6 Å². The first-order chi connectivity index (χ1) is 9.86. The highest BCUT2D eigenvalue weighted by Crippen LogP contribution is 2.35. The minimum Gasteiger partial charge on any atom is -0.354 e. The summed E-state index contributed by atoms with van der Waals surface area (Å²) in [5.41, 5.74) is 0.830. The van der Waals surface area contributed by atoms with Crippen LogP contribution in [-0.4, -0.2) is 32.0 Å². The van der Waals surface area contributed by atoms with Gasteiger partial charge in [0.15, 0.2) is 5.65 Å². The molecule has 2 N–H and O–H groups in total. The van der Waals surface area contributed by atoms with Crippen LogP contribution in [0.15, 0.2) is 11.2 Å². The summed E-state index contributed by atoms with van der Waals surface area (Å²) in [5, 5.41) is 13.1. The molecule has 0 radical (unpaired) electrons. The molecule has 108 valence electrons. The van der Waals surface area contributed by atoms with Crippen molar-refractivity contribution >= 4 is 28.7 Å². The maximum absolute atomic E-state index is 4.69. The van der Waals surface area contributed by atoms with Gasteiger partial charge in [0, 0.05) is 11.8 Å². The molecule has 1 saturated carbocycles. The number of hydrogen-bond donors (Lipinski definition) is 2. The van der Waals surface area contributed by atoms with Crippen LogP contribution in [0.1, 0.15) is 45.4 Å². The van der Waals surface area contributed by atoms with E-state index >= 15 is 0 Å². The second-order valence-corrected chi connectivity index (χ2v) is 6.58. The van der Waals surface area contributed by atoms with Crippen molar-refractivity contribution in [2.24, 2.45) is 0 Å². The molecule has 0 saturated heterocycles. The molecule has 3 rings (SSSR count). The molecule has 0 aliphatic heterocycles. The molecule has 0 amide bonds. The topological polar surface area (TPSA) is 66.5 Å². The summed E-state index contributed by atoms with van der Waals surface area (Å²) in [4.78, 5) is 9.16. The van der Waals surface area contributed by atoms with Gasteiger partial charge in [0.1, 0.15) is 5.03 Å². The van der Waals surface area contributed by atoms with Gasteiger partial charge in [-0.3, -0.25) is 5.10 Å². The maximum atomic E-state index is 4.69. The number of aromatic nitrogens is 4. The number of H-pyrrole nitrogens is 1. The SMILES string of the molecule is CCCNc1nc(SC2CCCCC2)c2cn[nH]c2n1. The number of aromatic amines is 1. The van der Waals surface area contributed by atoms with Crippen LogP contribution in [0.25, 0.3) is 11.0 Å². The predicted molar refractivity (Wildman–Crippen MR) is 83.2 cm³/mol. The van der Waals surface area contributed by atoms with Gasteiger partial charge >= 0.3 is 0 Å². The lowest BCUT2D eigenvalue weighted by Gasteiger charge is -2.20. The Morgan fingerprint density at radius 3 is 2.95 bits per heavy atom. The smallest absolute Gasteiger partial charge is 0.225 e. The highest BCUT2D eigenvalue weighted by Gasteiger charge is 2.18. The summed E-state index contributed by atoms with van der Waals surface area (Å²) in [6.45, 7) is 3.03. The zero-order valence-electron chi connectivity index (χ0n) is 11.9.